The fourth-order valence-electron chi connectivity index (χ4n) is 4.57. The van der Waals surface area contributed by atoms with E-state index in [4.69, 9.17) is 4.74 Å². The molecule has 30 heavy (non-hydrogen) atoms. The van der Waals surface area contributed by atoms with E-state index in [1.807, 2.05) is 56.6 Å². The quantitative estimate of drug-likeness (QED) is 0.733. The summed E-state index contributed by atoms with van der Waals surface area (Å²) in [4.78, 5) is 14.9. The van der Waals surface area contributed by atoms with Crippen molar-refractivity contribution in [2.45, 2.75) is 64.2 Å². The lowest BCUT2D eigenvalue weighted by Gasteiger charge is -2.46. The summed E-state index contributed by atoms with van der Waals surface area (Å²) in [6.45, 7) is 9.56. The number of hydrogen-bond donors (Lipinski definition) is 2. The molecule has 2 N–H and O–H groups in total. The second-order valence-corrected chi connectivity index (χ2v) is 9.94. The molecule has 1 fully saturated rings. The molecule has 0 atom stereocenters. The van der Waals surface area contributed by atoms with E-state index >= 15 is 0 Å². The molecule has 1 amide bonds. The Morgan fingerprint density at radius 3 is 2.23 bits per heavy atom. The summed E-state index contributed by atoms with van der Waals surface area (Å²) in [5, 5.41) is 6.87. The van der Waals surface area contributed by atoms with E-state index in [9.17, 15) is 4.79 Å². The average molecular weight is 410 g/mol. The van der Waals surface area contributed by atoms with Crippen LogP contribution in [0.3, 0.4) is 0 Å². The third kappa shape index (κ3) is 6.07. The normalized spacial score (nSPS) is 18.2. The fourth-order valence-corrected chi connectivity index (χ4v) is 4.57. The molecule has 1 aliphatic heterocycles. The number of rotatable bonds is 6. The first kappa shape index (κ1) is 22.3. The number of amides is 1. The molecular weight excluding hydrogens is 374 g/mol. The van der Waals surface area contributed by atoms with Crippen LogP contribution in [0.1, 0.15) is 56.5 Å². The lowest BCUT2D eigenvalue weighted by Crippen LogP contribution is -2.62. The molecule has 0 radical (unpaired) electrons. The van der Waals surface area contributed by atoms with Crippen molar-refractivity contribution in [3.8, 4) is 11.5 Å². The lowest BCUT2D eigenvalue weighted by atomic mass is 9.79. The monoisotopic (exact) mass is 409 g/mol. The van der Waals surface area contributed by atoms with Gasteiger partial charge in [-0.05, 0) is 85.0 Å². The van der Waals surface area contributed by atoms with Crippen LogP contribution in [-0.4, -0.2) is 42.0 Å². The number of nitrogens with one attached hydrogen (secondary N) is 2. The van der Waals surface area contributed by atoms with Crippen molar-refractivity contribution in [2.24, 2.45) is 0 Å². The maximum Gasteiger partial charge on any atom is 0.251 e. The first-order valence-corrected chi connectivity index (χ1v) is 10.6. The molecule has 2 aromatic rings. The minimum Gasteiger partial charge on any atom is -0.457 e. The smallest absolute Gasteiger partial charge is 0.251 e. The maximum absolute atomic E-state index is 12.8. The summed E-state index contributed by atoms with van der Waals surface area (Å²) in [5.74, 6) is 1.53. The van der Waals surface area contributed by atoms with Crippen molar-refractivity contribution < 1.29 is 9.53 Å². The van der Waals surface area contributed by atoms with Gasteiger partial charge < -0.3 is 20.3 Å². The Hall–Kier alpha value is -2.37. The molecule has 0 aromatic heterocycles. The van der Waals surface area contributed by atoms with E-state index < -0.39 is 0 Å². The number of carbonyl (C=O) groups is 1. The van der Waals surface area contributed by atoms with Crippen LogP contribution in [0, 0.1) is 0 Å². The van der Waals surface area contributed by atoms with Crippen molar-refractivity contribution in [1.29, 1.82) is 0 Å². The van der Waals surface area contributed by atoms with Gasteiger partial charge in [0.15, 0.2) is 0 Å². The number of piperidine rings is 1. The number of para-hydroxylation sites is 1. The third-order valence-corrected chi connectivity index (χ3v) is 5.33. The van der Waals surface area contributed by atoms with E-state index in [1.165, 1.54) is 0 Å². The van der Waals surface area contributed by atoms with Gasteiger partial charge in [0.1, 0.15) is 11.5 Å². The fraction of sp³-hybridized carbons (Fsp3) is 0.480. The highest BCUT2D eigenvalue weighted by atomic mass is 16.5. The molecular formula is C25H35N3O2. The Labute approximate surface area is 180 Å². The van der Waals surface area contributed by atoms with E-state index in [0.29, 0.717) is 5.56 Å². The van der Waals surface area contributed by atoms with Crippen LogP contribution in [0.2, 0.25) is 0 Å². The van der Waals surface area contributed by atoms with Crippen LogP contribution in [0.15, 0.2) is 48.5 Å². The Morgan fingerprint density at radius 2 is 1.63 bits per heavy atom. The molecule has 0 saturated carbocycles. The van der Waals surface area contributed by atoms with Gasteiger partial charge in [-0.2, -0.15) is 0 Å². The van der Waals surface area contributed by atoms with Gasteiger partial charge in [-0.3, -0.25) is 4.79 Å². The predicted octanol–water partition coefficient (Wildman–Crippen LogP) is 4.58. The van der Waals surface area contributed by atoms with Gasteiger partial charge in [0, 0.05) is 34.8 Å². The second-order valence-electron chi connectivity index (χ2n) is 9.94. The zero-order chi connectivity index (χ0) is 21.9. The lowest BCUT2D eigenvalue weighted by molar-refractivity contribution is 0.0873. The topological polar surface area (TPSA) is 53.6 Å². The van der Waals surface area contributed by atoms with E-state index in [-0.39, 0.29) is 23.0 Å². The van der Waals surface area contributed by atoms with E-state index in [0.717, 1.165) is 36.4 Å². The highest BCUT2D eigenvalue weighted by molar-refractivity contribution is 5.94. The number of carbonyl (C=O) groups excluding carboxylic acids is 1. The predicted molar refractivity (Wildman–Crippen MR) is 122 cm³/mol. The van der Waals surface area contributed by atoms with Gasteiger partial charge in [-0.15, -0.1) is 0 Å². The average Bonchev–Trinajstić information content (AvgIpc) is 2.61. The van der Waals surface area contributed by atoms with Crippen LogP contribution in [0.4, 0.5) is 0 Å². The Balaban J connectivity index is 1.65. The molecule has 3 rings (SSSR count). The van der Waals surface area contributed by atoms with Gasteiger partial charge >= 0.3 is 0 Å². The van der Waals surface area contributed by atoms with Crippen LogP contribution in [0.5, 0.6) is 11.5 Å². The van der Waals surface area contributed by atoms with E-state index in [2.05, 4.69) is 49.3 Å². The summed E-state index contributed by atoms with van der Waals surface area (Å²) in [5.41, 5.74) is 1.77. The molecule has 0 spiro atoms. The summed E-state index contributed by atoms with van der Waals surface area (Å²) in [6.07, 6.45) is 1.82. The highest BCUT2D eigenvalue weighted by Gasteiger charge is 2.38. The summed E-state index contributed by atoms with van der Waals surface area (Å²) in [7, 11) is 4.07. The van der Waals surface area contributed by atoms with Crippen LogP contribution in [-0.2, 0) is 6.54 Å². The van der Waals surface area contributed by atoms with Crippen molar-refractivity contribution in [2.75, 3.05) is 14.1 Å². The molecule has 0 unspecified atom stereocenters. The first-order chi connectivity index (χ1) is 14.0. The van der Waals surface area contributed by atoms with Crippen LogP contribution in [0.25, 0.3) is 0 Å². The van der Waals surface area contributed by atoms with Gasteiger partial charge in [-0.25, -0.2) is 0 Å². The molecule has 1 aliphatic rings. The van der Waals surface area contributed by atoms with Crippen molar-refractivity contribution in [3.05, 3.63) is 59.7 Å². The molecule has 162 valence electrons. The van der Waals surface area contributed by atoms with E-state index in [1.54, 1.807) is 0 Å². The standard InChI is InChI=1S/C25H35N3O2/c1-24(2)15-20(16-25(3,4)27-24)26-23(29)18-11-13-21(14-12-18)30-22-10-8-7-9-19(22)17-28(5)6/h7-14,20,27H,15-17H2,1-6H3,(H,26,29). The van der Waals surface area contributed by atoms with Crippen molar-refractivity contribution in [1.82, 2.24) is 15.5 Å². The Morgan fingerprint density at radius 1 is 1.03 bits per heavy atom. The first-order valence-electron chi connectivity index (χ1n) is 10.6. The molecule has 5 heteroatoms. The van der Waals surface area contributed by atoms with Crippen molar-refractivity contribution in [3.63, 3.8) is 0 Å². The highest BCUT2D eigenvalue weighted by Crippen LogP contribution is 2.29. The minimum atomic E-state index is -0.0342. The number of ether oxygens (including phenoxy) is 1. The largest absolute Gasteiger partial charge is 0.457 e. The van der Waals surface area contributed by atoms with Crippen LogP contribution < -0.4 is 15.4 Å². The Bertz CT molecular complexity index is 856. The van der Waals surface area contributed by atoms with Crippen LogP contribution >= 0.6 is 0 Å². The molecule has 0 bridgehead atoms. The van der Waals surface area contributed by atoms with Gasteiger partial charge in [0.2, 0.25) is 0 Å². The molecule has 0 aliphatic carbocycles. The summed E-state index contributed by atoms with van der Waals surface area (Å²) in [6, 6.07) is 15.6. The molecule has 2 aromatic carbocycles. The van der Waals surface area contributed by atoms with Crippen molar-refractivity contribution >= 4 is 5.91 Å². The summed E-state index contributed by atoms with van der Waals surface area (Å²) >= 11 is 0. The number of benzene rings is 2. The zero-order valence-corrected chi connectivity index (χ0v) is 19.1. The minimum absolute atomic E-state index is 0.00264. The number of nitrogens with zero attached hydrogens (tertiary/aromatic N) is 1. The zero-order valence-electron chi connectivity index (χ0n) is 19.1. The Kier molecular flexibility index (Phi) is 6.53. The number of hydrogen-bond acceptors (Lipinski definition) is 4. The third-order valence-electron chi connectivity index (χ3n) is 5.33. The van der Waals surface area contributed by atoms with Gasteiger partial charge in [0.05, 0.1) is 0 Å². The second kappa shape index (κ2) is 8.78. The van der Waals surface area contributed by atoms with Gasteiger partial charge in [0.25, 0.3) is 5.91 Å². The van der Waals surface area contributed by atoms with Gasteiger partial charge in [-0.1, -0.05) is 18.2 Å². The summed E-state index contributed by atoms with van der Waals surface area (Å²) < 4.78 is 6.08. The molecule has 5 nitrogen and oxygen atoms in total. The SMILES string of the molecule is CN(C)Cc1ccccc1Oc1ccc(C(=O)NC2CC(C)(C)NC(C)(C)C2)cc1. The molecule has 1 saturated heterocycles. The molecule has 1 heterocycles. The maximum atomic E-state index is 12.8.